The largest absolute Gasteiger partial charge is 0.113 e. The molecule has 2 aromatic rings. The fourth-order valence-corrected chi connectivity index (χ4v) is 6.52. The Morgan fingerprint density at radius 2 is 1.71 bits per heavy atom. The van der Waals surface area contributed by atoms with Gasteiger partial charge in [-0.15, -0.1) is 0 Å². The lowest BCUT2D eigenvalue weighted by Crippen LogP contribution is -2.49. The fraction of sp³-hybridized carbons (Fsp3) is 0.143. The van der Waals surface area contributed by atoms with Gasteiger partial charge in [-0.3, -0.25) is 0 Å². The van der Waals surface area contributed by atoms with Crippen molar-refractivity contribution in [2.45, 2.75) is 13.1 Å². The van der Waals surface area contributed by atoms with Crippen LogP contribution in [0.3, 0.4) is 0 Å². The Bertz CT molecular complexity index is 620. The standard InChI is InChI=1S/C14H12BrClSi/c1-17(2)13-6-4-10(16)8-12(13)11-5-3-9(15)7-14(11)17/h3-8H,1-2H3. The van der Waals surface area contributed by atoms with Crippen LogP contribution in [0, 0.1) is 0 Å². The molecule has 0 bridgehead atoms. The summed E-state index contributed by atoms with van der Waals surface area (Å²) >= 11 is 9.69. The molecule has 0 atom stereocenters. The van der Waals surface area contributed by atoms with E-state index in [2.05, 4.69) is 59.4 Å². The number of rotatable bonds is 0. The monoisotopic (exact) mass is 322 g/mol. The maximum atomic E-state index is 6.12. The van der Waals surface area contributed by atoms with Crippen LogP contribution in [0.1, 0.15) is 0 Å². The Labute approximate surface area is 116 Å². The number of halogens is 2. The summed E-state index contributed by atoms with van der Waals surface area (Å²) in [5.74, 6) is 0. The van der Waals surface area contributed by atoms with Crippen molar-refractivity contribution in [1.82, 2.24) is 0 Å². The second-order valence-electron chi connectivity index (χ2n) is 5.00. The second-order valence-corrected chi connectivity index (χ2v) is 10.7. The van der Waals surface area contributed by atoms with Gasteiger partial charge < -0.3 is 0 Å². The molecule has 1 heterocycles. The average Bonchev–Trinajstić information content (AvgIpc) is 2.48. The summed E-state index contributed by atoms with van der Waals surface area (Å²) in [4.78, 5) is 0. The first-order valence-electron chi connectivity index (χ1n) is 5.60. The Morgan fingerprint density at radius 3 is 2.47 bits per heavy atom. The molecule has 2 aromatic carbocycles. The zero-order valence-corrected chi connectivity index (χ0v) is 13.1. The Morgan fingerprint density at radius 1 is 0.941 bits per heavy atom. The zero-order chi connectivity index (χ0) is 12.2. The van der Waals surface area contributed by atoms with E-state index in [1.807, 2.05) is 6.07 Å². The van der Waals surface area contributed by atoms with Crippen LogP contribution in [-0.4, -0.2) is 8.07 Å². The van der Waals surface area contributed by atoms with Gasteiger partial charge in [-0.1, -0.05) is 52.8 Å². The molecule has 0 radical (unpaired) electrons. The lowest BCUT2D eigenvalue weighted by Gasteiger charge is -2.18. The number of fused-ring (bicyclic) bond motifs is 3. The van der Waals surface area contributed by atoms with Crippen molar-refractivity contribution < 1.29 is 0 Å². The minimum atomic E-state index is -1.52. The van der Waals surface area contributed by atoms with Crippen molar-refractivity contribution in [3.8, 4) is 11.1 Å². The SMILES string of the molecule is C[Si]1(C)c2ccc(Cl)cc2-c2ccc(Br)cc21. The van der Waals surface area contributed by atoms with Crippen molar-refractivity contribution in [3.05, 3.63) is 45.9 Å². The summed E-state index contributed by atoms with van der Waals surface area (Å²) in [5, 5.41) is 3.82. The highest BCUT2D eigenvalue weighted by Gasteiger charge is 2.37. The third-order valence-corrected chi connectivity index (χ3v) is 7.87. The third-order valence-electron chi connectivity index (χ3n) is 3.60. The predicted molar refractivity (Wildman–Crippen MR) is 81.3 cm³/mol. The first-order valence-corrected chi connectivity index (χ1v) is 9.77. The van der Waals surface area contributed by atoms with Crippen molar-refractivity contribution in [2.24, 2.45) is 0 Å². The molecule has 0 spiro atoms. The molecule has 0 fully saturated rings. The van der Waals surface area contributed by atoms with E-state index < -0.39 is 8.07 Å². The molecule has 0 saturated heterocycles. The van der Waals surface area contributed by atoms with Gasteiger partial charge in [0.15, 0.2) is 0 Å². The maximum absolute atomic E-state index is 6.12. The smallest absolute Gasteiger partial charge is 0.0843 e. The molecule has 0 N–H and O–H groups in total. The highest BCUT2D eigenvalue weighted by Crippen LogP contribution is 2.31. The van der Waals surface area contributed by atoms with Gasteiger partial charge in [-0.05, 0) is 45.8 Å². The molecule has 0 nitrogen and oxygen atoms in total. The van der Waals surface area contributed by atoms with Crippen LogP contribution in [0.2, 0.25) is 18.1 Å². The molecule has 0 saturated carbocycles. The molecular weight excluding hydrogens is 312 g/mol. The van der Waals surface area contributed by atoms with Gasteiger partial charge in [-0.25, -0.2) is 0 Å². The third kappa shape index (κ3) is 1.62. The topological polar surface area (TPSA) is 0 Å². The van der Waals surface area contributed by atoms with Gasteiger partial charge in [0, 0.05) is 9.50 Å². The molecule has 3 rings (SSSR count). The molecule has 0 amide bonds. The van der Waals surface area contributed by atoms with E-state index in [0.29, 0.717) is 0 Å². The van der Waals surface area contributed by atoms with Crippen LogP contribution in [0.15, 0.2) is 40.9 Å². The summed E-state index contributed by atoms with van der Waals surface area (Å²) in [6.45, 7) is 4.80. The molecule has 1 aliphatic rings. The summed E-state index contributed by atoms with van der Waals surface area (Å²) in [5.41, 5.74) is 2.69. The van der Waals surface area contributed by atoms with E-state index in [0.717, 1.165) is 9.50 Å². The van der Waals surface area contributed by atoms with E-state index in [4.69, 9.17) is 11.6 Å². The lowest BCUT2D eigenvalue weighted by molar-refractivity contribution is 1.67. The number of hydrogen-bond acceptors (Lipinski definition) is 0. The molecule has 0 unspecified atom stereocenters. The van der Waals surface area contributed by atoms with Crippen molar-refractivity contribution >= 4 is 46.0 Å². The predicted octanol–water partition coefficient (Wildman–Crippen LogP) is 3.91. The van der Waals surface area contributed by atoms with Gasteiger partial charge in [0.05, 0.1) is 0 Å². The molecule has 3 heteroatoms. The summed E-state index contributed by atoms with van der Waals surface area (Å²) in [7, 11) is -1.52. The van der Waals surface area contributed by atoms with Gasteiger partial charge in [0.2, 0.25) is 0 Å². The van der Waals surface area contributed by atoms with Crippen LogP contribution >= 0.6 is 27.5 Å². The summed E-state index contributed by atoms with van der Waals surface area (Å²) in [6.07, 6.45) is 0. The highest BCUT2D eigenvalue weighted by atomic mass is 79.9. The Balaban J connectivity index is 2.38. The van der Waals surface area contributed by atoms with Crippen molar-refractivity contribution in [3.63, 3.8) is 0 Å². The molecule has 0 aliphatic carbocycles. The first kappa shape index (κ1) is 11.5. The van der Waals surface area contributed by atoms with Crippen LogP contribution in [0.5, 0.6) is 0 Å². The van der Waals surface area contributed by atoms with Gasteiger partial charge in [0.1, 0.15) is 8.07 Å². The Hall–Kier alpha value is -0.573. The van der Waals surface area contributed by atoms with Crippen LogP contribution in [-0.2, 0) is 0 Å². The van der Waals surface area contributed by atoms with E-state index in [-0.39, 0.29) is 0 Å². The summed E-state index contributed by atoms with van der Waals surface area (Å²) < 4.78 is 1.16. The lowest BCUT2D eigenvalue weighted by atomic mass is 10.1. The van der Waals surface area contributed by atoms with E-state index >= 15 is 0 Å². The second kappa shape index (κ2) is 3.71. The van der Waals surface area contributed by atoms with Crippen molar-refractivity contribution in [1.29, 1.82) is 0 Å². The van der Waals surface area contributed by atoms with Crippen LogP contribution in [0.25, 0.3) is 11.1 Å². The van der Waals surface area contributed by atoms with Crippen LogP contribution < -0.4 is 10.4 Å². The van der Waals surface area contributed by atoms with E-state index in [1.165, 1.54) is 21.5 Å². The van der Waals surface area contributed by atoms with Crippen LogP contribution in [0.4, 0.5) is 0 Å². The quantitative estimate of drug-likeness (QED) is 0.645. The average molecular weight is 324 g/mol. The molecule has 0 aromatic heterocycles. The zero-order valence-electron chi connectivity index (χ0n) is 9.72. The molecular formula is C14H12BrClSi. The molecule has 17 heavy (non-hydrogen) atoms. The normalized spacial score (nSPS) is 15.5. The first-order chi connectivity index (χ1) is 8.00. The van der Waals surface area contributed by atoms with Gasteiger partial charge >= 0.3 is 0 Å². The number of hydrogen-bond donors (Lipinski definition) is 0. The number of benzene rings is 2. The molecule has 86 valence electrons. The molecule has 1 aliphatic heterocycles. The maximum Gasteiger partial charge on any atom is 0.113 e. The minimum Gasteiger partial charge on any atom is -0.0843 e. The van der Waals surface area contributed by atoms with Gasteiger partial charge in [0.25, 0.3) is 0 Å². The van der Waals surface area contributed by atoms with E-state index in [9.17, 15) is 0 Å². The Kier molecular flexibility index (Phi) is 2.51. The fourth-order valence-electron chi connectivity index (χ4n) is 2.70. The van der Waals surface area contributed by atoms with Crippen molar-refractivity contribution in [2.75, 3.05) is 0 Å². The van der Waals surface area contributed by atoms with Gasteiger partial charge in [-0.2, -0.15) is 0 Å². The summed E-state index contributed by atoms with van der Waals surface area (Å²) in [6, 6.07) is 12.9. The highest BCUT2D eigenvalue weighted by molar-refractivity contribution is 9.10. The van der Waals surface area contributed by atoms with E-state index in [1.54, 1.807) is 0 Å². The minimum absolute atomic E-state index is 0.823.